The van der Waals surface area contributed by atoms with Gasteiger partial charge in [0.05, 0.1) is 0 Å². The summed E-state index contributed by atoms with van der Waals surface area (Å²) >= 11 is 3.59. The van der Waals surface area contributed by atoms with Crippen LogP contribution in [0.15, 0.2) is 28.7 Å². The van der Waals surface area contributed by atoms with Crippen LogP contribution >= 0.6 is 15.9 Å². The van der Waals surface area contributed by atoms with E-state index in [2.05, 4.69) is 78.2 Å². The van der Waals surface area contributed by atoms with Gasteiger partial charge in [-0.1, -0.05) is 48.0 Å². The van der Waals surface area contributed by atoms with Crippen LogP contribution in [0, 0.1) is 5.92 Å². The van der Waals surface area contributed by atoms with Crippen LogP contribution in [0.3, 0.4) is 0 Å². The summed E-state index contributed by atoms with van der Waals surface area (Å²) in [5.41, 5.74) is 1.34. The quantitative estimate of drug-likeness (QED) is 0.828. The van der Waals surface area contributed by atoms with Crippen molar-refractivity contribution in [1.29, 1.82) is 0 Å². The van der Waals surface area contributed by atoms with Gasteiger partial charge in [-0.25, -0.2) is 0 Å². The summed E-state index contributed by atoms with van der Waals surface area (Å²) in [6, 6.07) is 9.00. The minimum absolute atomic E-state index is 0.585. The van der Waals surface area contributed by atoms with Gasteiger partial charge in [-0.2, -0.15) is 0 Å². The molecular formula is C15H25BrN2. The van der Waals surface area contributed by atoms with E-state index in [1.807, 2.05) is 0 Å². The second kappa shape index (κ2) is 7.93. The van der Waals surface area contributed by atoms with Crippen LogP contribution in [-0.4, -0.2) is 31.1 Å². The lowest BCUT2D eigenvalue weighted by Gasteiger charge is -2.21. The lowest BCUT2D eigenvalue weighted by Crippen LogP contribution is -2.36. The van der Waals surface area contributed by atoms with E-state index in [0.717, 1.165) is 19.6 Å². The number of benzene rings is 1. The molecule has 1 unspecified atom stereocenters. The van der Waals surface area contributed by atoms with Crippen LogP contribution in [0.1, 0.15) is 26.3 Å². The van der Waals surface area contributed by atoms with Gasteiger partial charge in [0.1, 0.15) is 0 Å². The Hall–Kier alpha value is -0.380. The average Bonchev–Trinajstić information content (AvgIpc) is 2.32. The van der Waals surface area contributed by atoms with Gasteiger partial charge in [0, 0.05) is 30.1 Å². The van der Waals surface area contributed by atoms with Crippen molar-refractivity contribution in [3.63, 3.8) is 0 Å². The van der Waals surface area contributed by atoms with Gasteiger partial charge in [-0.05, 0) is 31.5 Å². The van der Waals surface area contributed by atoms with E-state index < -0.39 is 0 Å². The van der Waals surface area contributed by atoms with E-state index in [1.54, 1.807) is 0 Å². The number of likely N-dealkylation sites (N-methyl/N-ethyl adjacent to an activating group) is 1. The van der Waals surface area contributed by atoms with Gasteiger partial charge in [0.25, 0.3) is 0 Å². The van der Waals surface area contributed by atoms with E-state index >= 15 is 0 Å². The highest BCUT2D eigenvalue weighted by Gasteiger charge is 2.07. The summed E-state index contributed by atoms with van der Waals surface area (Å²) in [7, 11) is 2.17. The second-order valence-electron chi connectivity index (χ2n) is 5.32. The third kappa shape index (κ3) is 5.51. The highest BCUT2D eigenvalue weighted by atomic mass is 79.9. The average molecular weight is 313 g/mol. The highest BCUT2D eigenvalue weighted by molar-refractivity contribution is 9.10. The first-order valence-corrected chi connectivity index (χ1v) is 7.45. The third-order valence-corrected chi connectivity index (χ3v) is 4.13. The van der Waals surface area contributed by atoms with E-state index in [1.165, 1.54) is 10.0 Å². The molecule has 1 aromatic rings. The summed E-state index contributed by atoms with van der Waals surface area (Å²) < 4.78 is 1.19. The van der Waals surface area contributed by atoms with Gasteiger partial charge in [-0.15, -0.1) is 0 Å². The molecule has 0 aliphatic heterocycles. The zero-order valence-corrected chi connectivity index (χ0v) is 13.5. The molecule has 0 radical (unpaired) electrons. The molecule has 0 fully saturated rings. The number of nitrogens with one attached hydrogen (secondary N) is 1. The zero-order valence-electron chi connectivity index (χ0n) is 11.9. The van der Waals surface area contributed by atoms with Gasteiger partial charge in [-0.3, -0.25) is 0 Å². The van der Waals surface area contributed by atoms with Crippen molar-refractivity contribution in [2.45, 2.75) is 33.4 Å². The van der Waals surface area contributed by atoms with E-state index in [4.69, 9.17) is 0 Å². The summed E-state index contributed by atoms with van der Waals surface area (Å²) in [5.74, 6) is 0.693. The van der Waals surface area contributed by atoms with Gasteiger partial charge in [0.2, 0.25) is 0 Å². The van der Waals surface area contributed by atoms with Crippen molar-refractivity contribution in [2.75, 3.05) is 20.1 Å². The van der Waals surface area contributed by atoms with Crippen LogP contribution in [0.25, 0.3) is 0 Å². The van der Waals surface area contributed by atoms with Crippen LogP contribution in [0.2, 0.25) is 0 Å². The Morgan fingerprint density at radius 3 is 2.50 bits per heavy atom. The van der Waals surface area contributed by atoms with Gasteiger partial charge >= 0.3 is 0 Å². The third-order valence-electron chi connectivity index (χ3n) is 3.36. The SMILES string of the molecule is CC(C)C(C)NCCN(C)Cc1ccccc1Br. The molecule has 2 nitrogen and oxygen atoms in total. The number of halogens is 1. The van der Waals surface area contributed by atoms with E-state index in [9.17, 15) is 0 Å². The molecule has 0 saturated heterocycles. The van der Waals surface area contributed by atoms with Crippen LogP contribution in [0.4, 0.5) is 0 Å². The maximum atomic E-state index is 3.59. The molecule has 0 spiro atoms. The molecule has 0 bridgehead atoms. The molecule has 1 aromatic carbocycles. The predicted molar refractivity (Wildman–Crippen MR) is 82.8 cm³/mol. The Morgan fingerprint density at radius 2 is 1.89 bits per heavy atom. The topological polar surface area (TPSA) is 15.3 Å². The van der Waals surface area contributed by atoms with Crippen molar-refractivity contribution in [3.05, 3.63) is 34.3 Å². The van der Waals surface area contributed by atoms with Crippen molar-refractivity contribution in [2.24, 2.45) is 5.92 Å². The summed E-state index contributed by atoms with van der Waals surface area (Å²) in [6.07, 6.45) is 0. The molecule has 1 rings (SSSR count). The molecule has 0 saturated carbocycles. The van der Waals surface area contributed by atoms with Gasteiger partial charge < -0.3 is 10.2 Å². The standard InChI is InChI=1S/C15H25BrN2/c1-12(2)13(3)17-9-10-18(4)11-14-7-5-6-8-15(14)16/h5-8,12-13,17H,9-11H2,1-4H3. The van der Waals surface area contributed by atoms with Crippen LogP contribution in [0.5, 0.6) is 0 Å². The molecule has 0 aliphatic rings. The van der Waals surface area contributed by atoms with Gasteiger partial charge in [0.15, 0.2) is 0 Å². The van der Waals surface area contributed by atoms with Crippen LogP contribution < -0.4 is 5.32 Å². The largest absolute Gasteiger partial charge is 0.313 e. The monoisotopic (exact) mass is 312 g/mol. The predicted octanol–water partition coefficient (Wildman–Crippen LogP) is 3.52. The molecule has 3 heteroatoms. The first kappa shape index (κ1) is 15.7. The number of nitrogens with zero attached hydrogens (tertiary/aromatic N) is 1. The summed E-state index contributed by atoms with van der Waals surface area (Å²) in [6.45, 7) is 9.85. The molecule has 102 valence electrons. The molecule has 18 heavy (non-hydrogen) atoms. The summed E-state index contributed by atoms with van der Waals surface area (Å²) in [4.78, 5) is 2.35. The molecule has 1 N–H and O–H groups in total. The Balaban J connectivity index is 2.30. The Morgan fingerprint density at radius 1 is 1.22 bits per heavy atom. The fourth-order valence-corrected chi connectivity index (χ4v) is 2.13. The maximum Gasteiger partial charge on any atom is 0.0242 e. The molecule has 0 heterocycles. The minimum Gasteiger partial charge on any atom is -0.313 e. The smallest absolute Gasteiger partial charge is 0.0242 e. The molecular weight excluding hydrogens is 288 g/mol. The molecule has 1 atom stereocenters. The molecule has 0 amide bonds. The molecule has 0 aromatic heterocycles. The lowest BCUT2D eigenvalue weighted by atomic mass is 10.1. The highest BCUT2D eigenvalue weighted by Crippen LogP contribution is 2.16. The number of rotatable bonds is 7. The summed E-state index contributed by atoms with van der Waals surface area (Å²) in [5, 5.41) is 3.56. The van der Waals surface area contributed by atoms with Crippen molar-refractivity contribution in [3.8, 4) is 0 Å². The first-order valence-electron chi connectivity index (χ1n) is 6.66. The Labute approximate surface area is 120 Å². The number of hydrogen-bond acceptors (Lipinski definition) is 2. The number of hydrogen-bond donors (Lipinski definition) is 1. The van der Waals surface area contributed by atoms with E-state index in [0.29, 0.717) is 12.0 Å². The van der Waals surface area contributed by atoms with Crippen molar-refractivity contribution >= 4 is 15.9 Å². The fraction of sp³-hybridized carbons (Fsp3) is 0.600. The lowest BCUT2D eigenvalue weighted by molar-refractivity contribution is 0.308. The Kier molecular flexibility index (Phi) is 6.90. The normalized spacial score (nSPS) is 13.3. The van der Waals surface area contributed by atoms with Crippen LogP contribution in [-0.2, 0) is 6.54 Å². The maximum absolute atomic E-state index is 3.59. The molecule has 0 aliphatic carbocycles. The van der Waals surface area contributed by atoms with Crippen molar-refractivity contribution in [1.82, 2.24) is 10.2 Å². The van der Waals surface area contributed by atoms with E-state index in [-0.39, 0.29) is 0 Å². The minimum atomic E-state index is 0.585. The first-order chi connectivity index (χ1) is 8.50. The second-order valence-corrected chi connectivity index (χ2v) is 6.17. The van der Waals surface area contributed by atoms with Crippen molar-refractivity contribution < 1.29 is 0 Å². The fourth-order valence-electron chi connectivity index (χ4n) is 1.72. The Bertz CT molecular complexity index is 352. The zero-order chi connectivity index (χ0) is 13.5.